The van der Waals surface area contributed by atoms with Gasteiger partial charge in [-0.05, 0) is 37.1 Å². The number of nitrogens with two attached hydrogens (primary N) is 1. The topological polar surface area (TPSA) is 49.6 Å². The first-order valence-electron chi connectivity index (χ1n) is 9.00. The Hall–Kier alpha value is -2.17. The van der Waals surface area contributed by atoms with E-state index in [0.29, 0.717) is 6.04 Å². The number of carbonyl (C=O) groups is 1. The van der Waals surface area contributed by atoms with Gasteiger partial charge < -0.3 is 10.6 Å². The molecule has 3 rings (SSSR count). The van der Waals surface area contributed by atoms with E-state index in [9.17, 15) is 4.79 Å². The van der Waals surface area contributed by atoms with Crippen molar-refractivity contribution in [2.45, 2.75) is 25.9 Å². The van der Waals surface area contributed by atoms with E-state index in [4.69, 9.17) is 5.73 Å². The van der Waals surface area contributed by atoms with Crippen LogP contribution in [0.2, 0.25) is 0 Å². The molecule has 0 aliphatic carbocycles. The number of piperazine rings is 1. The predicted octanol–water partition coefficient (Wildman–Crippen LogP) is 2.90. The van der Waals surface area contributed by atoms with Crippen LogP contribution in [0.3, 0.4) is 0 Å². The van der Waals surface area contributed by atoms with Gasteiger partial charge in [0.1, 0.15) is 0 Å². The van der Waals surface area contributed by atoms with Crippen LogP contribution in [0.25, 0.3) is 0 Å². The van der Waals surface area contributed by atoms with E-state index in [1.165, 1.54) is 0 Å². The summed E-state index contributed by atoms with van der Waals surface area (Å²) in [5.41, 5.74) is 9.16. The maximum atomic E-state index is 12.7. The van der Waals surface area contributed by atoms with E-state index in [-0.39, 0.29) is 11.9 Å². The number of benzene rings is 2. The Balaban J connectivity index is 1.65. The summed E-state index contributed by atoms with van der Waals surface area (Å²) in [5.74, 6) is 0.114. The van der Waals surface area contributed by atoms with Gasteiger partial charge in [-0.15, -0.1) is 0 Å². The molecular weight excluding hydrogens is 310 g/mol. The van der Waals surface area contributed by atoms with E-state index in [1.54, 1.807) is 0 Å². The first kappa shape index (κ1) is 17.6. The van der Waals surface area contributed by atoms with Gasteiger partial charge in [-0.2, -0.15) is 0 Å². The number of hydrogen-bond acceptors (Lipinski definition) is 3. The van der Waals surface area contributed by atoms with Gasteiger partial charge in [0.25, 0.3) is 5.91 Å². The molecule has 132 valence electrons. The van der Waals surface area contributed by atoms with Crippen molar-refractivity contribution in [1.82, 2.24) is 9.80 Å². The monoisotopic (exact) mass is 337 g/mol. The summed E-state index contributed by atoms with van der Waals surface area (Å²) in [7, 11) is 0. The fraction of sp³-hybridized carbons (Fsp3) is 0.381. The van der Waals surface area contributed by atoms with Crippen molar-refractivity contribution in [3.8, 4) is 0 Å². The molecule has 1 saturated heterocycles. The molecule has 2 N–H and O–H groups in total. The highest BCUT2D eigenvalue weighted by atomic mass is 16.2. The molecule has 1 atom stereocenters. The maximum Gasteiger partial charge on any atom is 0.253 e. The summed E-state index contributed by atoms with van der Waals surface area (Å²) >= 11 is 0. The quantitative estimate of drug-likeness (QED) is 0.933. The molecule has 0 radical (unpaired) electrons. The summed E-state index contributed by atoms with van der Waals surface area (Å²) < 4.78 is 0. The highest BCUT2D eigenvalue weighted by molar-refractivity contribution is 5.94. The van der Waals surface area contributed by atoms with Crippen molar-refractivity contribution in [3.63, 3.8) is 0 Å². The zero-order valence-corrected chi connectivity index (χ0v) is 15.1. The average Bonchev–Trinajstić information content (AvgIpc) is 2.67. The third kappa shape index (κ3) is 4.09. The van der Waals surface area contributed by atoms with Crippen LogP contribution in [0.15, 0.2) is 54.6 Å². The van der Waals surface area contributed by atoms with Gasteiger partial charge in [0.2, 0.25) is 0 Å². The molecule has 0 aromatic heterocycles. The summed E-state index contributed by atoms with van der Waals surface area (Å²) in [5, 5.41) is 0. The van der Waals surface area contributed by atoms with Crippen molar-refractivity contribution in [1.29, 1.82) is 0 Å². The molecule has 1 aliphatic heterocycles. The van der Waals surface area contributed by atoms with Gasteiger partial charge in [0.05, 0.1) is 6.04 Å². The standard InChI is InChI=1S/C21H27N3O/c1-16(2)23-12-14-24(15-13-23)21(25)19-10-8-18(9-11-19)20(22)17-6-4-3-5-7-17/h3-11,16,20H,12-15,22H2,1-2H3. The van der Waals surface area contributed by atoms with Crippen LogP contribution in [0.5, 0.6) is 0 Å². The van der Waals surface area contributed by atoms with Crippen molar-refractivity contribution in [2.24, 2.45) is 5.73 Å². The lowest BCUT2D eigenvalue weighted by Gasteiger charge is -2.37. The highest BCUT2D eigenvalue weighted by Gasteiger charge is 2.23. The van der Waals surface area contributed by atoms with E-state index >= 15 is 0 Å². The molecule has 25 heavy (non-hydrogen) atoms. The minimum Gasteiger partial charge on any atom is -0.336 e. The largest absolute Gasteiger partial charge is 0.336 e. The Labute approximate surface area is 150 Å². The smallest absolute Gasteiger partial charge is 0.253 e. The minimum atomic E-state index is -0.167. The summed E-state index contributed by atoms with van der Waals surface area (Å²) in [4.78, 5) is 17.1. The molecular formula is C21H27N3O. The van der Waals surface area contributed by atoms with Crippen LogP contribution in [0.4, 0.5) is 0 Å². The zero-order chi connectivity index (χ0) is 17.8. The second-order valence-corrected chi connectivity index (χ2v) is 6.93. The van der Waals surface area contributed by atoms with Gasteiger partial charge in [-0.3, -0.25) is 9.69 Å². The Kier molecular flexibility index (Phi) is 5.51. The lowest BCUT2D eigenvalue weighted by molar-refractivity contribution is 0.0595. The van der Waals surface area contributed by atoms with Crippen molar-refractivity contribution in [3.05, 3.63) is 71.3 Å². The van der Waals surface area contributed by atoms with Crippen LogP contribution in [-0.4, -0.2) is 47.9 Å². The van der Waals surface area contributed by atoms with Crippen LogP contribution in [0, 0.1) is 0 Å². The molecule has 1 heterocycles. The molecule has 1 amide bonds. The molecule has 1 unspecified atom stereocenters. The van der Waals surface area contributed by atoms with Crippen LogP contribution < -0.4 is 5.73 Å². The lowest BCUT2D eigenvalue weighted by Crippen LogP contribution is -2.50. The SMILES string of the molecule is CC(C)N1CCN(C(=O)c2ccc(C(N)c3ccccc3)cc2)CC1. The van der Waals surface area contributed by atoms with Crippen molar-refractivity contribution >= 4 is 5.91 Å². The second-order valence-electron chi connectivity index (χ2n) is 6.93. The molecule has 4 heteroatoms. The normalized spacial score (nSPS) is 16.9. The third-order valence-corrected chi connectivity index (χ3v) is 5.01. The van der Waals surface area contributed by atoms with Crippen molar-refractivity contribution < 1.29 is 4.79 Å². The van der Waals surface area contributed by atoms with Gasteiger partial charge >= 0.3 is 0 Å². The Bertz CT molecular complexity index is 689. The van der Waals surface area contributed by atoms with E-state index in [1.807, 2.05) is 59.5 Å². The van der Waals surface area contributed by atoms with E-state index < -0.39 is 0 Å². The van der Waals surface area contributed by atoms with Crippen molar-refractivity contribution in [2.75, 3.05) is 26.2 Å². The highest BCUT2D eigenvalue weighted by Crippen LogP contribution is 2.20. The summed E-state index contributed by atoms with van der Waals surface area (Å²) in [6, 6.07) is 18.1. The lowest BCUT2D eigenvalue weighted by atomic mass is 9.98. The Morgan fingerprint density at radius 3 is 2.00 bits per heavy atom. The first-order valence-corrected chi connectivity index (χ1v) is 9.00. The fourth-order valence-electron chi connectivity index (χ4n) is 3.31. The number of hydrogen-bond donors (Lipinski definition) is 1. The molecule has 0 spiro atoms. The molecule has 2 aromatic rings. The fourth-order valence-corrected chi connectivity index (χ4v) is 3.31. The third-order valence-electron chi connectivity index (χ3n) is 5.01. The summed E-state index contributed by atoms with van der Waals surface area (Å²) in [6.07, 6.45) is 0. The van der Waals surface area contributed by atoms with Gasteiger partial charge in [0.15, 0.2) is 0 Å². The van der Waals surface area contributed by atoms with E-state index in [0.717, 1.165) is 42.9 Å². The number of carbonyl (C=O) groups excluding carboxylic acids is 1. The van der Waals surface area contributed by atoms with E-state index in [2.05, 4.69) is 18.7 Å². The number of rotatable bonds is 4. The van der Waals surface area contributed by atoms with Gasteiger partial charge in [0, 0.05) is 37.8 Å². The van der Waals surface area contributed by atoms with Crippen LogP contribution >= 0.6 is 0 Å². The molecule has 2 aromatic carbocycles. The van der Waals surface area contributed by atoms with Crippen LogP contribution in [-0.2, 0) is 0 Å². The molecule has 1 fully saturated rings. The summed E-state index contributed by atoms with van der Waals surface area (Å²) in [6.45, 7) is 7.88. The number of amides is 1. The minimum absolute atomic E-state index is 0.114. The molecule has 4 nitrogen and oxygen atoms in total. The maximum absolute atomic E-state index is 12.7. The second kappa shape index (κ2) is 7.81. The van der Waals surface area contributed by atoms with Crippen LogP contribution in [0.1, 0.15) is 41.4 Å². The molecule has 1 aliphatic rings. The predicted molar refractivity (Wildman–Crippen MR) is 102 cm³/mol. The average molecular weight is 337 g/mol. The van der Waals surface area contributed by atoms with Gasteiger partial charge in [-0.1, -0.05) is 42.5 Å². The molecule has 0 bridgehead atoms. The Morgan fingerprint density at radius 1 is 0.880 bits per heavy atom. The van der Waals surface area contributed by atoms with Gasteiger partial charge in [-0.25, -0.2) is 0 Å². The first-order chi connectivity index (χ1) is 12.1. The zero-order valence-electron chi connectivity index (χ0n) is 15.1. The molecule has 0 saturated carbocycles. The number of nitrogens with zero attached hydrogens (tertiary/aromatic N) is 2. The Morgan fingerprint density at radius 2 is 1.44 bits per heavy atom.